The number of anilines is 1. The Balaban J connectivity index is 1.23. The number of benzene rings is 1. The van der Waals surface area contributed by atoms with E-state index in [1.54, 1.807) is 22.5 Å². The second kappa shape index (κ2) is 10.1. The molecule has 1 aliphatic heterocycles. The number of nitrogens with two attached hydrogens (primary N) is 1. The molecule has 0 amide bonds. The van der Waals surface area contributed by atoms with Gasteiger partial charge in [0.1, 0.15) is 30.0 Å². The van der Waals surface area contributed by atoms with Gasteiger partial charge in [0, 0.05) is 40.6 Å². The lowest BCUT2D eigenvalue weighted by Crippen LogP contribution is -2.32. The number of thioether (sulfide) groups is 1. The van der Waals surface area contributed by atoms with E-state index in [-0.39, 0.29) is 0 Å². The van der Waals surface area contributed by atoms with Crippen molar-refractivity contribution in [2.75, 3.05) is 11.5 Å². The molecule has 0 aliphatic carbocycles. The zero-order chi connectivity index (χ0) is 26.4. The third-order valence-corrected chi connectivity index (χ3v) is 8.69. The first-order chi connectivity index (χ1) is 18.4. The van der Waals surface area contributed by atoms with E-state index in [1.165, 1.54) is 17.7 Å². The van der Waals surface area contributed by atoms with Crippen molar-refractivity contribution in [1.82, 2.24) is 24.7 Å². The van der Waals surface area contributed by atoms with Gasteiger partial charge in [0.2, 0.25) is 0 Å². The van der Waals surface area contributed by atoms with Gasteiger partial charge in [-0.25, -0.2) is 15.0 Å². The van der Waals surface area contributed by atoms with Crippen LogP contribution in [0.4, 0.5) is 5.82 Å². The normalized spacial score (nSPS) is 21.5. The van der Waals surface area contributed by atoms with Gasteiger partial charge < -0.3 is 29.8 Å². The highest BCUT2D eigenvalue weighted by molar-refractivity contribution is 7.98. The van der Waals surface area contributed by atoms with E-state index < -0.39 is 24.5 Å². The minimum Gasteiger partial charge on any atom is -0.387 e. The highest BCUT2D eigenvalue weighted by Gasteiger charge is 2.44. The van der Waals surface area contributed by atoms with E-state index in [4.69, 9.17) is 15.0 Å². The monoisotopic (exact) mass is 550 g/mol. The lowest BCUT2D eigenvalue weighted by atomic mass is 10.1. The van der Waals surface area contributed by atoms with Crippen LogP contribution in [-0.2, 0) is 10.5 Å². The van der Waals surface area contributed by atoms with E-state index in [0.717, 1.165) is 38.0 Å². The van der Waals surface area contributed by atoms with Crippen molar-refractivity contribution in [3.05, 3.63) is 65.3 Å². The quantitative estimate of drug-likeness (QED) is 0.272. The Bertz CT molecular complexity index is 1580. The molecule has 1 aliphatic rings. The fourth-order valence-corrected chi connectivity index (χ4v) is 6.69. The maximum Gasteiger partial charge on any atom is 0.171 e. The number of rotatable bonds is 7. The molecule has 0 unspecified atom stereocenters. The number of aliphatic hydroxyl groups is 2. The van der Waals surface area contributed by atoms with Gasteiger partial charge in [-0.15, -0.1) is 11.3 Å². The first kappa shape index (κ1) is 25.0. The van der Waals surface area contributed by atoms with Crippen LogP contribution in [0.15, 0.2) is 53.6 Å². The largest absolute Gasteiger partial charge is 0.387 e. The van der Waals surface area contributed by atoms with E-state index in [1.807, 2.05) is 50.4 Å². The highest BCUT2D eigenvalue weighted by atomic mass is 32.2. The number of hydrogen-bond donors (Lipinski definition) is 3. The van der Waals surface area contributed by atoms with Crippen LogP contribution < -0.4 is 5.73 Å². The molecule has 4 atom stereocenters. The van der Waals surface area contributed by atoms with Crippen LogP contribution in [0, 0.1) is 13.8 Å². The number of fused-ring (bicyclic) bond motifs is 1. The Hall–Kier alpha value is -3.29. The summed E-state index contributed by atoms with van der Waals surface area (Å²) >= 11 is 3.12. The average molecular weight is 551 g/mol. The van der Waals surface area contributed by atoms with Crippen LogP contribution in [0.3, 0.4) is 0 Å². The predicted octanol–water partition coefficient (Wildman–Crippen LogP) is 3.96. The maximum atomic E-state index is 11.0. The molecule has 10 nitrogen and oxygen atoms in total. The molecule has 12 heteroatoms. The lowest BCUT2D eigenvalue weighted by Gasteiger charge is -2.17. The molecule has 0 bridgehead atoms. The highest BCUT2D eigenvalue weighted by Crippen LogP contribution is 2.40. The molecule has 1 saturated heterocycles. The first-order valence-corrected chi connectivity index (χ1v) is 14.0. The zero-order valence-corrected chi connectivity index (χ0v) is 22.3. The molecule has 0 spiro atoms. The van der Waals surface area contributed by atoms with Gasteiger partial charge in [-0.2, -0.15) is 11.8 Å². The van der Waals surface area contributed by atoms with Crippen molar-refractivity contribution in [3.8, 4) is 21.8 Å². The van der Waals surface area contributed by atoms with Crippen LogP contribution in [-0.4, -0.2) is 59.0 Å². The summed E-state index contributed by atoms with van der Waals surface area (Å²) in [6, 6.07) is 9.84. The molecular formula is C26H26N6O4S2. The number of nitrogen functional groups attached to an aromatic ring is 1. The van der Waals surface area contributed by atoms with Gasteiger partial charge in [-0.3, -0.25) is 0 Å². The van der Waals surface area contributed by atoms with Crippen molar-refractivity contribution in [3.63, 3.8) is 0 Å². The van der Waals surface area contributed by atoms with Crippen LogP contribution >= 0.6 is 23.1 Å². The van der Waals surface area contributed by atoms with Gasteiger partial charge >= 0.3 is 0 Å². The van der Waals surface area contributed by atoms with Crippen LogP contribution in [0.25, 0.3) is 32.8 Å². The Labute approximate surface area is 226 Å². The van der Waals surface area contributed by atoms with Gasteiger partial charge in [-0.05, 0) is 13.8 Å². The SMILES string of the molecule is Cc1ncc(-c2cn([C@@H]3O[C@H](CSCc4c(C)noc4-c4ccccc4)[C@@H](O)[C@H]3O)c3ncnc(N)c23)s1. The van der Waals surface area contributed by atoms with Gasteiger partial charge in [0.15, 0.2) is 12.0 Å². The summed E-state index contributed by atoms with van der Waals surface area (Å²) < 4.78 is 13.6. The van der Waals surface area contributed by atoms with Gasteiger partial charge in [-0.1, -0.05) is 35.5 Å². The van der Waals surface area contributed by atoms with Crippen LogP contribution in [0.2, 0.25) is 0 Å². The molecule has 1 fully saturated rings. The molecule has 0 saturated carbocycles. The van der Waals surface area contributed by atoms with Crippen LogP contribution in [0.5, 0.6) is 0 Å². The smallest absolute Gasteiger partial charge is 0.171 e. The Kier molecular flexibility index (Phi) is 6.66. The summed E-state index contributed by atoms with van der Waals surface area (Å²) in [5.41, 5.74) is 10.3. The molecule has 0 radical (unpaired) electrons. The number of aryl methyl sites for hydroxylation is 2. The Morgan fingerprint density at radius 2 is 1.92 bits per heavy atom. The van der Waals surface area contributed by atoms with Crippen molar-refractivity contribution in [1.29, 1.82) is 0 Å². The fraction of sp³-hybridized carbons (Fsp3) is 0.308. The predicted molar refractivity (Wildman–Crippen MR) is 147 cm³/mol. The molecule has 38 heavy (non-hydrogen) atoms. The number of thiazole rings is 1. The molecule has 5 heterocycles. The standard InChI is InChI=1S/C26H26N6O4S2/c1-13-17(23(36-31-13)15-6-4-3-5-7-15)10-37-11-18-21(33)22(34)26(35-18)32-9-16(19-8-28-14(2)38-19)20-24(27)29-12-30-25(20)32/h3-9,12,18,21-22,26,33-34H,10-11H2,1-2H3,(H2,27,29,30)/t18-,21-,22-,26-/m1/s1. The Morgan fingerprint density at radius 3 is 2.68 bits per heavy atom. The van der Waals surface area contributed by atoms with E-state index in [2.05, 4.69) is 20.1 Å². The van der Waals surface area contributed by atoms with Crippen molar-refractivity contribution < 1.29 is 19.5 Å². The maximum absolute atomic E-state index is 11.0. The van der Waals surface area contributed by atoms with Crippen molar-refractivity contribution in [2.24, 2.45) is 0 Å². The first-order valence-electron chi connectivity index (χ1n) is 12.1. The third-order valence-electron chi connectivity index (χ3n) is 6.69. The zero-order valence-electron chi connectivity index (χ0n) is 20.7. The Morgan fingerprint density at radius 1 is 1.11 bits per heavy atom. The summed E-state index contributed by atoms with van der Waals surface area (Å²) in [6.07, 6.45) is 1.34. The summed E-state index contributed by atoms with van der Waals surface area (Å²) in [5, 5.41) is 27.6. The number of hydrogen-bond acceptors (Lipinski definition) is 11. The molecule has 1 aromatic carbocycles. The van der Waals surface area contributed by atoms with Crippen molar-refractivity contribution >= 4 is 39.9 Å². The minimum absolute atomic E-state index is 0.327. The van der Waals surface area contributed by atoms with E-state index >= 15 is 0 Å². The molecule has 4 aromatic heterocycles. The number of nitrogens with zero attached hydrogens (tertiary/aromatic N) is 5. The van der Waals surface area contributed by atoms with Crippen LogP contribution in [0.1, 0.15) is 22.5 Å². The van der Waals surface area contributed by atoms with Gasteiger partial charge in [0.05, 0.1) is 27.1 Å². The topological polar surface area (TPSA) is 145 Å². The fourth-order valence-electron chi connectivity index (χ4n) is 4.72. The van der Waals surface area contributed by atoms with Crippen molar-refractivity contribution in [2.45, 2.75) is 44.1 Å². The third kappa shape index (κ3) is 4.37. The lowest BCUT2D eigenvalue weighted by molar-refractivity contribution is -0.0285. The number of aromatic nitrogens is 5. The number of ether oxygens (including phenoxy) is 1. The summed E-state index contributed by atoms with van der Waals surface area (Å²) in [5.74, 6) is 2.15. The van der Waals surface area contributed by atoms with Gasteiger partial charge in [0.25, 0.3) is 0 Å². The number of aliphatic hydroxyl groups excluding tert-OH is 2. The second-order valence-corrected chi connectivity index (χ2v) is 11.4. The average Bonchev–Trinajstić information content (AvgIpc) is 3.68. The summed E-state index contributed by atoms with van der Waals surface area (Å²) in [7, 11) is 0. The van der Waals surface area contributed by atoms with E-state index in [9.17, 15) is 10.2 Å². The molecule has 5 aromatic rings. The minimum atomic E-state index is -1.15. The molecule has 4 N–H and O–H groups in total. The summed E-state index contributed by atoms with van der Waals surface area (Å²) in [6.45, 7) is 3.85. The van der Waals surface area contributed by atoms with E-state index in [0.29, 0.717) is 28.4 Å². The second-order valence-electron chi connectivity index (χ2n) is 9.15. The molecular weight excluding hydrogens is 524 g/mol. The molecule has 6 rings (SSSR count). The summed E-state index contributed by atoms with van der Waals surface area (Å²) in [4.78, 5) is 13.9. The molecule has 196 valence electrons.